The molecule has 1 aromatic rings. The summed E-state index contributed by atoms with van der Waals surface area (Å²) in [5, 5.41) is 12.2. The fraction of sp³-hybridized carbons (Fsp3) is 0.500. The summed E-state index contributed by atoms with van der Waals surface area (Å²) in [4.78, 5) is 0.00867. The van der Waals surface area contributed by atoms with Gasteiger partial charge < -0.3 is 10.1 Å². The van der Waals surface area contributed by atoms with Crippen molar-refractivity contribution in [2.45, 2.75) is 23.8 Å². The highest BCUT2D eigenvalue weighted by Crippen LogP contribution is 2.14. The third kappa shape index (κ3) is 4.51. The maximum atomic E-state index is 12.1. The third-order valence-corrected chi connectivity index (χ3v) is 4.85. The minimum Gasteiger partial charge on any atom is -0.377 e. The zero-order valence-electron chi connectivity index (χ0n) is 11.7. The van der Waals surface area contributed by atoms with Gasteiger partial charge in [0.25, 0.3) is 0 Å². The van der Waals surface area contributed by atoms with Crippen LogP contribution in [0.4, 0.5) is 0 Å². The Morgan fingerprint density at radius 1 is 1.33 bits per heavy atom. The Balaban J connectivity index is 1.85. The first-order valence-corrected chi connectivity index (χ1v) is 8.43. The highest BCUT2D eigenvalue weighted by Gasteiger charge is 2.18. The van der Waals surface area contributed by atoms with Crippen LogP contribution in [0.3, 0.4) is 0 Å². The predicted molar refractivity (Wildman–Crippen MR) is 78.2 cm³/mol. The molecule has 1 heterocycles. The van der Waals surface area contributed by atoms with Crippen LogP contribution in [0.2, 0.25) is 0 Å². The molecular weight excluding hydrogens is 290 g/mol. The maximum Gasteiger partial charge on any atom is 0.241 e. The molecule has 0 radical (unpaired) electrons. The van der Waals surface area contributed by atoms with Gasteiger partial charge in [-0.2, -0.15) is 5.26 Å². The molecule has 0 aromatic heterocycles. The van der Waals surface area contributed by atoms with Crippen molar-refractivity contribution in [3.8, 4) is 6.07 Å². The van der Waals surface area contributed by atoms with Crippen LogP contribution in [-0.4, -0.2) is 40.8 Å². The van der Waals surface area contributed by atoms with Crippen LogP contribution >= 0.6 is 0 Å². The van der Waals surface area contributed by atoms with Gasteiger partial charge in [-0.15, -0.1) is 0 Å². The second-order valence-corrected chi connectivity index (χ2v) is 6.56. The number of hydrogen-bond donors (Lipinski definition) is 2. The van der Waals surface area contributed by atoms with Gasteiger partial charge in [0.15, 0.2) is 0 Å². The van der Waals surface area contributed by atoms with E-state index in [9.17, 15) is 8.42 Å². The van der Waals surface area contributed by atoms with Crippen LogP contribution in [0, 0.1) is 11.3 Å². The van der Waals surface area contributed by atoms with Crippen molar-refractivity contribution in [2.75, 3.05) is 26.2 Å². The second kappa shape index (κ2) is 7.52. The SMILES string of the molecule is N#Cc1ccccc1S(=O)(=O)NCCOC1CCNCC1. The molecule has 1 aromatic carbocycles. The average molecular weight is 309 g/mol. The number of nitriles is 1. The summed E-state index contributed by atoms with van der Waals surface area (Å²) >= 11 is 0. The van der Waals surface area contributed by atoms with Crippen molar-refractivity contribution >= 4 is 10.0 Å². The molecule has 0 bridgehead atoms. The van der Waals surface area contributed by atoms with E-state index in [1.807, 2.05) is 6.07 Å². The van der Waals surface area contributed by atoms with Gasteiger partial charge in [0.2, 0.25) is 10.0 Å². The molecule has 6 nitrogen and oxygen atoms in total. The van der Waals surface area contributed by atoms with Crippen LogP contribution in [0.25, 0.3) is 0 Å². The van der Waals surface area contributed by atoms with Crippen LogP contribution in [-0.2, 0) is 14.8 Å². The zero-order valence-corrected chi connectivity index (χ0v) is 12.5. The molecule has 2 rings (SSSR count). The van der Waals surface area contributed by atoms with Crippen molar-refractivity contribution in [3.63, 3.8) is 0 Å². The van der Waals surface area contributed by atoms with E-state index < -0.39 is 10.0 Å². The van der Waals surface area contributed by atoms with Gasteiger partial charge in [0.1, 0.15) is 6.07 Å². The molecule has 1 aliphatic heterocycles. The number of nitrogens with zero attached hydrogens (tertiary/aromatic N) is 1. The number of hydrogen-bond acceptors (Lipinski definition) is 5. The average Bonchev–Trinajstić information content (AvgIpc) is 2.52. The Morgan fingerprint density at radius 2 is 2.05 bits per heavy atom. The number of sulfonamides is 1. The summed E-state index contributed by atoms with van der Waals surface area (Å²) in [6, 6.07) is 8.03. The Morgan fingerprint density at radius 3 is 2.76 bits per heavy atom. The summed E-state index contributed by atoms with van der Waals surface area (Å²) in [7, 11) is -3.67. The van der Waals surface area contributed by atoms with E-state index in [4.69, 9.17) is 10.00 Å². The van der Waals surface area contributed by atoms with Crippen molar-refractivity contribution < 1.29 is 13.2 Å². The van der Waals surface area contributed by atoms with Gasteiger partial charge in [-0.3, -0.25) is 0 Å². The topological polar surface area (TPSA) is 91.2 Å². The highest BCUT2D eigenvalue weighted by molar-refractivity contribution is 7.89. The van der Waals surface area contributed by atoms with Gasteiger partial charge in [0.05, 0.1) is 23.2 Å². The molecule has 1 aliphatic rings. The van der Waals surface area contributed by atoms with Gasteiger partial charge in [-0.05, 0) is 38.1 Å². The summed E-state index contributed by atoms with van der Waals surface area (Å²) in [6.45, 7) is 2.41. The molecule has 0 aliphatic carbocycles. The smallest absolute Gasteiger partial charge is 0.241 e. The lowest BCUT2D eigenvalue weighted by atomic mass is 10.1. The zero-order chi connectivity index (χ0) is 15.1. The first-order chi connectivity index (χ1) is 10.1. The lowest BCUT2D eigenvalue weighted by Crippen LogP contribution is -2.35. The van der Waals surface area contributed by atoms with E-state index in [-0.39, 0.29) is 23.1 Å². The number of rotatable bonds is 6. The largest absolute Gasteiger partial charge is 0.377 e. The van der Waals surface area contributed by atoms with Gasteiger partial charge in [0, 0.05) is 6.54 Å². The molecule has 2 N–H and O–H groups in total. The molecule has 21 heavy (non-hydrogen) atoms. The van der Waals surface area contributed by atoms with Crippen molar-refractivity contribution in [1.29, 1.82) is 5.26 Å². The number of piperidine rings is 1. The molecule has 0 saturated carbocycles. The lowest BCUT2D eigenvalue weighted by Gasteiger charge is -2.22. The first-order valence-electron chi connectivity index (χ1n) is 6.94. The van der Waals surface area contributed by atoms with E-state index in [1.165, 1.54) is 12.1 Å². The number of nitrogens with one attached hydrogen (secondary N) is 2. The highest BCUT2D eigenvalue weighted by atomic mass is 32.2. The molecule has 0 atom stereocenters. The molecule has 0 unspecified atom stereocenters. The maximum absolute atomic E-state index is 12.1. The standard InChI is InChI=1S/C14H19N3O3S/c15-11-12-3-1-2-4-14(12)21(18,19)17-9-10-20-13-5-7-16-8-6-13/h1-4,13,16-17H,5-10H2. The van der Waals surface area contributed by atoms with E-state index in [2.05, 4.69) is 10.0 Å². The quantitative estimate of drug-likeness (QED) is 0.751. The van der Waals surface area contributed by atoms with E-state index in [1.54, 1.807) is 12.1 Å². The first kappa shape index (κ1) is 15.9. The molecular formula is C14H19N3O3S. The van der Waals surface area contributed by atoms with Gasteiger partial charge in [-0.25, -0.2) is 13.1 Å². The molecule has 0 spiro atoms. The molecule has 7 heteroatoms. The Kier molecular flexibility index (Phi) is 5.70. The predicted octanol–water partition coefficient (Wildman–Crippen LogP) is 0.605. The Hall–Kier alpha value is -1.46. The minimum atomic E-state index is -3.67. The van der Waals surface area contributed by atoms with Crippen LogP contribution in [0.1, 0.15) is 18.4 Å². The fourth-order valence-corrected chi connectivity index (χ4v) is 3.40. The van der Waals surface area contributed by atoms with Crippen LogP contribution in [0.15, 0.2) is 29.2 Å². The lowest BCUT2D eigenvalue weighted by molar-refractivity contribution is 0.0367. The van der Waals surface area contributed by atoms with Gasteiger partial charge in [-0.1, -0.05) is 12.1 Å². The molecule has 0 amide bonds. The molecule has 1 saturated heterocycles. The number of ether oxygens (including phenoxy) is 1. The second-order valence-electron chi connectivity index (χ2n) is 4.83. The molecule has 1 fully saturated rings. The molecule has 114 valence electrons. The van der Waals surface area contributed by atoms with Crippen LogP contribution in [0.5, 0.6) is 0 Å². The van der Waals surface area contributed by atoms with Gasteiger partial charge >= 0.3 is 0 Å². The monoisotopic (exact) mass is 309 g/mol. The van der Waals surface area contributed by atoms with Crippen LogP contribution < -0.4 is 10.0 Å². The van der Waals surface area contributed by atoms with E-state index in [0.29, 0.717) is 6.61 Å². The Labute approximate surface area is 125 Å². The normalized spacial score (nSPS) is 16.5. The summed E-state index contributed by atoms with van der Waals surface area (Å²) in [6.07, 6.45) is 2.09. The Bertz CT molecular complexity index is 604. The van der Waals surface area contributed by atoms with Crippen molar-refractivity contribution in [3.05, 3.63) is 29.8 Å². The van der Waals surface area contributed by atoms with E-state index in [0.717, 1.165) is 25.9 Å². The van der Waals surface area contributed by atoms with Crippen molar-refractivity contribution in [2.24, 2.45) is 0 Å². The third-order valence-electron chi connectivity index (χ3n) is 3.33. The summed E-state index contributed by atoms with van der Waals surface area (Å²) in [5.74, 6) is 0. The fourth-order valence-electron chi connectivity index (χ4n) is 2.23. The van der Waals surface area contributed by atoms with E-state index >= 15 is 0 Å². The summed E-state index contributed by atoms with van der Waals surface area (Å²) in [5.41, 5.74) is 0.143. The minimum absolute atomic E-state index is 0.00867. The van der Waals surface area contributed by atoms with Crippen molar-refractivity contribution in [1.82, 2.24) is 10.0 Å². The summed E-state index contributed by atoms with van der Waals surface area (Å²) < 4.78 is 32.4. The number of benzene rings is 1.